The molecule has 0 aliphatic rings. The van der Waals surface area contributed by atoms with Gasteiger partial charge in [0.2, 0.25) is 5.91 Å². The Morgan fingerprint density at radius 3 is 2.89 bits per heavy atom. The molecule has 0 radical (unpaired) electrons. The van der Waals surface area contributed by atoms with Gasteiger partial charge in [-0.1, -0.05) is 5.92 Å². The number of hydrogen-bond donors (Lipinski definition) is 2. The van der Waals surface area contributed by atoms with Crippen molar-refractivity contribution in [2.75, 3.05) is 5.75 Å². The maximum atomic E-state index is 10.5. The molecule has 1 atom stereocenters. The van der Waals surface area contributed by atoms with Gasteiger partial charge in [0.05, 0.1) is 11.8 Å². The highest BCUT2D eigenvalue weighted by molar-refractivity contribution is 7.81. The Hall–Kier alpha value is -0.620. The predicted octanol–water partition coefficient (Wildman–Crippen LogP) is 0.0541. The summed E-state index contributed by atoms with van der Waals surface area (Å²) in [6.07, 6.45) is 4.99. The van der Waals surface area contributed by atoms with Gasteiger partial charge in [0.25, 0.3) is 0 Å². The number of thiol groups is 1. The lowest BCUT2D eigenvalue weighted by atomic mass is 10.3. The van der Waals surface area contributed by atoms with Crippen molar-refractivity contribution >= 4 is 18.5 Å². The molecule has 2 nitrogen and oxygen atoms in total. The molecule has 0 aliphatic carbocycles. The number of rotatable bonds is 2. The lowest BCUT2D eigenvalue weighted by molar-refractivity contribution is -0.118. The van der Waals surface area contributed by atoms with Gasteiger partial charge in [0.1, 0.15) is 0 Å². The molecule has 0 aliphatic heterocycles. The molecule has 0 aromatic carbocycles. The van der Waals surface area contributed by atoms with Gasteiger partial charge in [-0.05, 0) is 6.92 Å². The van der Waals surface area contributed by atoms with E-state index in [1.165, 1.54) is 0 Å². The Bertz CT molecular complexity index is 138. The summed E-state index contributed by atoms with van der Waals surface area (Å²) < 4.78 is 0. The smallest absolute Gasteiger partial charge is 0.230 e. The van der Waals surface area contributed by atoms with Crippen LogP contribution in [0.5, 0.6) is 0 Å². The Balaban J connectivity index is 3.50. The number of terminal acetylenes is 1. The average molecular weight is 143 g/mol. The zero-order valence-corrected chi connectivity index (χ0v) is 6.11. The minimum Gasteiger partial charge on any atom is -0.342 e. The van der Waals surface area contributed by atoms with E-state index >= 15 is 0 Å². The number of nitrogens with one attached hydrogen (secondary N) is 1. The van der Waals surface area contributed by atoms with E-state index in [0.717, 1.165) is 0 Å². The maximum Gasteiger partial charge on any atom is 0.230 e. The zero-order chi connectivity index (χ0) is 7.28. The molecule has 0 aromatic rings. The lowest BCUT2D eigenvalue weighted by Gasteiger charge is -2.03. The van der Waals surface area contributed by atoms with E-state index in [9.17, 15) is 4.79 Å². The lowest BCUT2D eigenvalue weighted by Crippen LogP contribution is -2.32. The largest absolute Gasteiger partial charge is 0.342 e. The van der Waals surface area contributed by atoms with Crippen LogP contribution < -0.4 is 5.32 Å². The van der Waals surface area contributed by atoms with Crippen molar-refractivity contribution in [2.45, 2.75) is 13.0 Å². The van der Waals surface area contributed by atoms with Crippen LogP contribution >= 0.6 is 12.6 Å². The summed E-state index contributed by atoms with van der Waals surface area (Å²) in [6, 6.07) is -0.190. The van der Waals surface area contributed by atoms with Crippen molar-refractivity contribution in [3.63, 3.8) is 0 Å². The first kappa shape index (κ1) is 8.38. The van der Waals surface area contributed by atoms with Gasteiger partial charge in [-0.15, -0.1) is 6.42 Å². The molecule has 3 heteroatoms. The quantitative estimate of drug-likeness (QED) is 0.415. The van der Waals surface area contributed by atoms with Crippen LogP contribution in [-0.4, -0.2) is 17.7 Å². The minimum atomic E-state index is -0.190. The van der Waals surface area contributed by atoms with Crippen molar-refractivity contribution in [2.24, 2.45) is 0 Å². The van der Waals surface area contributed by atoms with Crippen LogP contribution in [0.3, 0.4) is 0 Å². The van der Waals surface area contributed by atoms with Gasteiger partial charge < -0.3 is 5.32 Å². The number of hydrogen-bond acceptors (Lipinski definition) is 2. The summed E-state index contributed by atoms with van der Waals surface area (Å²) in [4.78, 5) is 10.5. The third-order valence-corrected chi connectivity index (χ3v) is 1.06. The van der Waals surface area contributed by atoms with Gasteiger partial charge >= 0.3 is 0 Å². The summed E-state index contributed by atoms with van der Waals surface area (Å²) in [6.45, 7) is 1.74. The monoisotopic (exact) mass is 143 g/mol. The Labute approximate surface area is 60.4 Å². The van der Waals surface area contributed by atoms with Gasteiger partial charge in [-0.25, -0.2) is 0 Å². The molecular formula is C6H9NOS. The summed E-state index contributed by atoms with van der Waals surface area (Å²) in [7, 11) is 0. The Morgan fingerprint density at radius 2 is 2.56 bits per heavy atom. The molecule has 1 amide bonds. The fraction of sp³-hybridized carbons (Fsp3) is 0.500. The number of carbonyl (C=O) groups is 1. The Kier molecular flexibility index (Phi) is 3.98. The van der Waals surface area contributed by atoms with Gasteiger partial charge in [-0.3, -0.25) is 4.79 Å². The SMILES string of the molecule is C#CC(C)NC(=O)CS. The van der Waals surface area contributed by atoms with Crippen molar-refractivity contribution < 1.29 is 4.79 Å². The minimum absolute atomic E-state index is 0.135. The molecule has 0 fully saturated rings. The van der Waals surface area contributed by atoms with E-state index in [4.69, 9.17) is 6.42 Å². The second-order valence-corrected chi connectivity index (χ2v) is 1.93. The van der Waals surface area contributed by atoms with Crippen LogP contribution in [0.2, 0.25) is 0 Å². The van der Waals surface area contributed by atoms with Crippen LogP contribution in [0.25, 0.3) is 0 Å². The van der Waals surface area contributed by atoms with Crippen molar-refractivity contribution in [1.82, 2.24) is 5.32 Å². The molecule has 9 heavy (non-hydrogen) atoms. The van der Waals surface area contributed by atoms with Crippen LogP contribution in [0.1, 0.15) is 6.92 Å². The first-order chi connectivity index (χ1) is 4.20. The van der Waals surface area contributed by atoms with E-state index in [1.54, 1.807) is 6.92 Å². The van der Waals surface area contributed by atoms with Crippen molar-refractivity contribution in [1.29, 1.82) is 0 Å². The normalized spacial score (nSPS) is 11.7. The van der Waals surface area contributed by atoms with Crippen LogP contribution in [0.4, 0.5) is 0 Å². The molecule has 0 saturated carbocycles. The molecule has 0 heterocycles. The second-order valence-electron chi connectivity index (χ2n) is 1.61. The number of amides is 1. The van der Waals surface area contributed by atoms with E-state index in [0.29, 0.717) is 0 Å². The third-order valence-electron chi connectivity index (χ3n) is 0.771. The molecule has 0 saturated heterocycles. The van der Waals surface area contributed by atoms with Crippen molar-refractivity contribution in [3.8, 4) is 12.3 Å². The summed E-state index contributed by atoms with van der Waals surface area (Å²) in [5, 5.41) is 2.53. The number of carbonyl (C=O) groups excluding carboxylic acids is 1. The molecule has 1 unspecified atom stereocenters. The van der Waals surface area contributed by atoms with Crippen LogP contribution in [0.15, 0.2) is 0 Å². The summed E-state index contributed by atoms with van der Waals surface area (Å²) in [5.41, 5.74) is 0. The molecular weight excluding hydrogens is 134 g/mol. The first-order valence-corrected chi connectivity index (χ1v) is 3.20. The topological polar surface area (TPSA) is 29.1 Å². The fourth-order valence-corrected chi connectivity index (χ4v) is 0.420. The Morgan fingerprint density at radius 1 is 2.00 bits per heavy atom. The van der Waals surface area contributed by atoms with E-state index in [2.05, 4.69) is 23.9 Å². The predicted molar refractivity (Wildman–Crippen MR) is 40.3 cm³/mol. The highest BCUT2D eigenvalue weighted by Crippen LogP contribution is 1.78. The average Bonchev–Trinajstić information content (AvgIpc) is 1.87. The molecule has 0 rings (SSSR count). The molecule has 0 bridgehead atoms. The maximum absolute atomic E-state index is 10.5. The van der Waals surface area contributed by atoms with Crippen molar-refractivity contribution in [3.05, 3.63) is 0 Å². The molecule has 1 N–H and O–H groups in total. The standard InChI is InChI=1S/C6H9NOS/c1-3-5(2)7-6(8)4-9/h1,5,9H,4H2,2H3,(H,7,8). The zero-order valence-electron chi connectivity index (χ0n) is 5.22. The van der Waals surface area contributed by atoms with Gasteiger partial charge in [-0.2, -0.15) is 12.6 Å². The summed E-state index contributed by atoms with van der Waals surface area (Å²) >= 11 is 3.75. The highest BCUT2D eigenvalue weighted by Gasteiger charge is 1.99. The third kappa shape index (κ3) is 3.92. The molecule has 0 spiro atoms. The van der Waals surface area contributed by atoms with E-state index < -0.39 is 0 Å². The van der Waals surface area contributed by atoms with Gasteiger partial charge in [0.15, 0.2) is 0 Å². The molecule has 0 aromatic heterocycles. The van der Waals surface area contributed by atoms with Crippen LogP contribution in [0, 0.1) is 12.3 Å². The highest BCUT2D eigenvalue weighted by atomic mass is 32.1. The fourth-order valence-electron chi connectivity index (χ4n) is 0.329. The van der Waals surface area contributed by atoms with E-state index in [-0.39, 0.29) is 17.7 Å². The molecule has 50 valence electrons. The first-order valence-electron chi connectivity index (χ1n) is 2.57. The second kappa shape index (κ2) is 4.28. The van der Waals surface area contributed by atoms with E-state index in [1.807, 2.05) is 0 Å². The van der Waals surface area contributed by atoms with Crippen LogP contribution in [-0.2, 0) is 4.79 Å². The summed E-state index contributed by atoms with van der Waals surface area (Å²) in [5.74, 6) is 2.42. The van der Waals surface area contributed by atoms with Gasteiger partial charge in [0, 0.05) is 0 Å².